The quantitative estimate of drug-likeness (QED) is 0.548. The molecule has 0 amide bonds. The lowest BCUT2D eigenvalue weighted by Crippen LogP contribution is -1.64. The first-order valence-electron chi connectivity index (χ1n) is 3.76. The molecule has 0 atom stereocenters. The highest BCUT2D eigenvalue weighted by Gasteiger charge is 2.00. The summed E-state index contributed by atoms with van der Waals surface area (Å²) in [7, 11) is 0. The fraction of sp³-hybridized carbons (Fsp3) is 0. The van der Waals surface area contributed by atoms with Crippen molar-refractivity contribution in [2.24, 2.45) is 0 Å². The monoisotopic (exact) mass is 205 g/mol. The van der Waals surface area contributed by atoms with Crippen molar-refractivity contribution in [2.45, 2.75) is 4.34 Å². The Labute approximate surface area is 84.8 Å². The zero-order chi connectivity index (χ0) is 9.10. The van der Waals surface area contributed by atoms with E-state index in [-0.39, 0.29) is 0 Å². The van der Waals surface area contributed by atoms with Gasteiger partial charge in [0.15, 0.2) is 4.34 Å². The molecule has 0 saturated heterocycles. The molecule has 64 valence electrons. The molecule has 2 aromatic rings. The minimum atomic E-state index is 1.04. The van der Waals surface area contributed by atoms with E-state index in [2.05, 4.69) is 23.4 Å². The summed E-state index contributed by atoms with van der Waals surface area (Å²) < 4.78 is 2.26. The smallest absolute Gasteiger partial charge is 0.155 e. The summed E-state index contributed by atoms with van der Waals surface area (Å²) in [4.78, 5) is 4.43. The largest absolute Gasteiger partial charge is 0.229 e. The standard InChI is InChI=1S/C10H7NS2/c1-2-7-12-10-11-8-5-3-4-6-9(8)13-10/h3-7H,1H2. The molecule has 0 aliphatic carbocycles. The van der Waals surface area contributed by atoms with Crippen LogP contribution in [0.5, 0.6) is 0 Å². The fourth-order valence-electron chi connectivity index (χ4n) is 0.994. The number of aromatic nitrogens is 1. The molecule has 1 nitrogen and oxygen atoms in total. The van der Waals surface area contributed by atoms with Gasteiger partial charge in [0.2, 0.25) is 0 Å². The zero-order valence-corrected chi connectivity index (χ0v) is 8.49. The van der Waals surface area contributed by atoms with Gasteiger partial charge < -0.3 is 0 Å². The highest BCUT2D eigenvalue weighted by molar-refractivity contribution is 8.03. The molecule has 0 saturated carbocycles. The molecule has 0 N–H and O–H groups in total. The molecule has 0 aliphatic rings. The van der Waals surface area contributed by atoms with Crippen LogP contribution in [0, 0.1) is 0 Å². The Kier molecular flexibility index (Phi) is 2.50. The van der Waals surface area contributed by atoms with Crippen LogP contribution in [-0.2, 0) is 0 Å². The second-order valence-corrected chi connectivity index (χ2v) is 4.53. The Morgan fingerprint density at radius 3 is 3.08 bits per heavy atom. The van der Waals surface area contributed by atoms with Crippen LogP contribution in [0.3, 0.4) is 0 Å². The molecule has 1 heterocycles. The van der Waals surface area contributed by atoms with E-state index in [0.29, 0.717) is 0 Å². The van der Waals surface area contributed by atoms with Crippen molar-refractivity contribution in [3.8, 4) is 0 Å². The molecule has 0 fully saturated rings. The number of nitrogens with zero attached hydrogens (tertiary/aromatic N) is 1. The van der Waals surface area contributed by atoms with Gasteiger partial charge >= 0.3 is 0 Å². The molecule has 13 heavy (non-hydrogen) atoms. The number of thioether (sulfide) groups is 1. The summed E-state index contributed by atoms with van der Waals surface area (Å²) in [5.74, 6) is 0. The van der Waals surface area contributed by atoms with Crippen molar-refractivity contribution in [1.29, 1.82) is 0 Å². The first kappa shape index (κ1) is 8.57. The molecule has 0 radical (unpaired) electrons. The highest BCUT2D eigenvalue weighted by atomic mass is 32.2. The summed E-state index contributed by atoms with van der Waals surface area (Å²) in [6.07, 6.45) is 0. The molecule has 1 aromatic heterocycles. The maximum Gasteiger partial charge on any atom is 0.155 e. The van der Waals surface area contributed by atoms with Gasteiger partial charge in [-0.05, 0) is 12.1 Å². The second kappa shape index (κ2) is 3.79. The molecule has 3 heteroatoms. The first-order chi connectivity index (χ1) is 6.40. The van der Waals surface area contributed by atoms with Crippen molar-refractivity contribution in [2.75, 3.05) is 0 Å². The van der Waals surface area contributed by atoms with Crippen LogP contribution < -0.4 is 0 Å². The third kappa shape index (κ3) is 1.83. The van der Waals surface area contributed by atoms with E-state index in [9.17, 15) is 0 Å². The van der Waals surface area contributed by atoms with Crippen molar-refractivity contribution < 1.29 is 0 Å². The zero-order valence-electron chi connectivity index (χ0n) is 6.86. The third-order valence-electron chi connectivity index (χ3n) is 1.52. The van der Waals surface area contributed by atoms with Gasteiger partial charge in [0.1, 0.15) is 0 Å². The van der Waals surface area contributed by atoms with Gasteiger partial charge in [0.05, 0.1) is 10.2 Å². The van der Waals surface area contributed by atoms with Gasteiger partial charge in [0, 0.05) is 5.41 Å². The highest BCUT2D eigenvalue weighted by Crippen LogP contribution is 2.29. The van der Waals surface area contributed by atoms with Gasteiger partial charge in [-0.15, -0.1) is 17.1 Å². The maximum atomic E-state index is 4.43. The van der Waals surface area contributed by atoms with Crippen LogP contribution in [0.25, 0.3) is 10.2 Å². The van der Waals surface area contributed by atoms with E-state index in [1.807, 2.05) is 23.6 Å². The number of hydrogen-bond acceptors (Lipinski definition) is 3. The Morgan fingerprint density at radius 2 is 2.31 bits per heavy atom. The topological polar surface area (TPSA) is 12.9 Å². The lowest BCUT2D eigenvalue weighted by atomic mass is 10.3. The van der Waals surface area contributed by atoms with Gasteiger partial charge in [-0.1, -0.05) is 30.5 Å². The molecular weight excluding hydrogens is 198 g/mol. The number of benzene rings is 1. The van der Waals surface area contributed by atoms with Gasteiger partial charge in [-0.25, -0.2) is 4.98 Å². The van der Waals surface area contributed by atoms with Gasteiger partial charge in [-0.2, -0.15) is 0 Å². The minimum Gasteiger partial charge on any atom is -0.229 e. The van der Waals surface area contributed by atoms with E-state index in [4.69, 9.17) is 0 Å². The van der Waals surface area contributed by atoms with E-state index >= 15 is 0 Å². The average Bonchev–Trinajstić information content (AvgIpc) is 2.57. The summed E-state index contributed by atoms with van der Waals surface area (Å²) >= 11 is 3.24. The van der Waals surface area contributed by atoms with E-state index < -0.39 is 0 Å². The lowest BCUT2D eigenvalue weighted by Gasteiger charge is -1.81. The number of thiazole rings is 1. The average molecular weight is 205 g/mol. The SMILES string of the molecule is C=C=CSc1nc2ccccc2s1. The molecular formula is C10H7NS2. The summed E-state index contributed by atoms with van der Waals surface area (Å²) in [6.45, 7) is 3.51. The number of fused-ring (bicyclic) bond motifs is 1. The molecule has 0 spiro atoms. The predicted octanol–water partition coefficient (Wildman–Crippen LogP) is 3.69. The molecule has 2 rings (SSSR count). The normalized spacial score (nSPS) is 9.85. The molecule has 0 aliphatic heterocycles. The van der Waals surface area contributed by atoms with E-state index in [0.717, 1.165) is 9.86 Å². The summed E-state index contributed by atoms with van der Waals surface area (Å²) in [5, 5.41) is 1.82. The van der Waals surface area contributed by atoms with E-state index in [1.165, 1.54) is 4.70 Å². The summed E-state index contributed by atoms with van der Waals surface area (Å²) in [6, 6.07) is 8.13. The Balaban J connectivity index is 2.43. The molecule has 1 aromatic carbocycles. The number of hydrogen-bond donors (Lipinski definition) is 0. The first-order valence-corrected chi connectivity index (χ1v) is 5.46. The maximum absolute atomic E-state index is 4.43. The predicted molar refractivity (Wildman–Crippen MR) is 59.2 cm³/mol. The van der Waals surface area contributed by atoms with Crippen LogP contribution in [0.4, 0.5) is 0 Å². The lowest BCUT2D eigenvalue weighted by molar-refractivity contribution is 1.31. The van der Waals surface area contributed by atoms with Crippen LogP contribution in [0.15, 0.2) is 46.3 Å². The Morgan fingerprint density at radius 1 is 1.46 bits per heavy atom. The van der Waals surface area contributed by atoms with Crippen molar-refractivity contribution >= 4 is 33.3 Å². The van der Waals surface area contributed by atoms with Crippen LogP contribution in [-0.4, -0.2) is 4.98 Å². The number of rotatable bonds is 2. The minimum absolute atomic E-state index is 1.04. The van der Waals surface area contributed by atoms with Gasteiger partial charge in [0.25, 0.3) is 0 Å². The number of para-hydroxylation sites is 1. The van der Waals surface area contributed by atoms with Crippen molar-refractivity contribution in [1.82, 2.24) is 4.98 Å². The molecule has 0 bridgehead atoms. The van der Waals surface area contributed by atoms with Crippen molar-refractivity contribution in [3.63, 3.8) is 0 Å². The Hall–Kier alpha value is -1.02. The van der Waals surface area contributed by atoms with Crippen LogP contribution in [0.2, 0.25) is 0 Å². The summed E-state index contributed by atoms with van der Waals surface area (Å²) in [5.41, 5.74) is 3.78. The van der Waals surface area contributed by atoms with Crippen molar-refractivity contribution in [3.05, 3.63) is 42.0 Å². The molecule has 0 unspecified atom stereocenters. The second-order valence-electron chi connectivity index (χ2n) is 2.39. The van der Waals surface area contributed by atoms with Gasteiger partial charge in [-0.3, -0.25) is 0 Å². The van der Waals surface area contributed by atoms with E-state index in [1.54, 1.807) is 23.1 Å². The Bertz CT molecular complexity index is 433. The fourth-order valence-corrected chi connectivity index (χ4v) is 2.63. The third-order valence-corrected chi connectivity index (χ3v) is 3.46. The van der Waals surface area contributed by atoms with Crippen LogP contribution in [0.1, 0.15) is 0 Å². The van der Waals surface area contributed by atoms with Crippen LogP contribution >= 0.6 is 23.1 Å².